The van der Waals surface area contributed by atoms with Gasteiger partial charge < -0.3 is 15.4 Å². The quantitative estimate of drug-likeness (QED) is 0.349. The molecule has 1 unspecified atom stereocenters. The second-order valence-corrected chi connectivity index (χ2v) is 6.83. The molecule has 1 fully saturated rings. The number of halogens is 1. The lowest BCUT2D eigenvalue weighted by Crippen LogP contribution is -2.42. The summed E-state index contributed by atoms with van der Waals surface area (Å²) in [5.41, 5.74) is 2.52. The molecule has 1 saturated heterocycles. The van der Waals surface area contributed by atoms with Crippen LogP contribution in [-0.2, 0) is 6.54 Å². The zero-order valence-corrected chi connectivity index (χ0v) is 19.1. The Hall–Kier alpha value is -1.80. The summed E-state index contributed by atoms with van der Waals surface area (Å²) >= 11 is 0. The van der Waals surface area contributed by atoms with Crippen LogP contribution in [0.5, 0.6) is 5.75 Å². The van der Waals surface area contributed by atoms with Crippen molar-refractivity contribution < 1.29 is 4.74 Å². The van der Waals surface area contributed by atoms with Crippen LogP contribution in [0.3, 0.4) is 0 Å². The van der Waals surface area contributed by atoms with Gasteiger partial charge in [-0.05, 0) is 49.2 Å². The summed E-state index contributed by atoms with van der Waals surface area (Å²) in [5.74, 6) is 1.69. The summed E-state index contributed by atoms with van der Waals surface area (Å²) in [4.78, 5) is 6.95. The maximum atomic E-state index is 5.29. The molecule has 0 amide bonds. The van der Waals surface area contributed by atoms with E-state index in [1.54, 1.807) is 7.11 Å². The number of aliphatic imine (C=N–C) groups is 1. The van der Waals surface area contributed by atoms with E-state index >= 15 is 0 Å². The summed E-state index contributed by atoms with van der Waals surface area (Å²) in [6.45, 7) is 3.87. The van der Waals surface area contributed by atoms with E-state index in [2.05, 4.69) is 56.9 Å². The lowest BCUT2D eigenvalue weighted by Gasteiger charge is -2.29. The summed E-state index contributed by atoms with van der Waals surface area (Å²) in [6.07, 6.45) is 2.57. The molecule has 0 radical (unpaired) electrons. The van der Waals surface area contributed by atoms with E-state index in [1.165, 1.54) is 18.4 Å². The Labute approximate surface area is 185 Å². The van der Waals surface area contributed by atoms with E-state index < -0.39 is 0 Å². The van der Waals surface area contributed by atoms with Crippen LogP contribution in [0.15, 0.2) is 59.6 Å². The average molecular weight is 494 g/mol. The van der Waals surface area contributed by atoms with E-state index in [0.717, 1.165) is 36.9 Å². The molecule has 2 aromatic carbocycles. The standard InChI is InChI=1S/C22H30N4O.HI/c1-23-22(24-16-18-9-8-12-20(15-18)27-2)25-17-21(26-13-6-7-14-26)19-10-4-3-5-11-19;/h3-5,8-12,15,21H,6-7,13-14,16-17H2,1-2H3,(H2,23,24,25);1H. The molecule has 1 aliphatic rings. The Morgan fingerprint density at radius 2 is 1.82 bits per heavy atom. The second kappa shape index (κ2) is 11.9. The molecule has 3 rings (SSSR count). The van der Waals surface area contributed by atoms with Gasteiger partial charge in [0.1, 0.15) is 5.75 Å². The molecule has 2 N–H and O–H groups in total. The van der Waals surface area contributed by atoms with Crippen LogP contribution < -0.4 is 15.4 Å². The SMILES string of the molecule is CN=C(NCc1cccc(OC)c1)NCC(c1ccccc1)N1CCCC1.I. The summed E-state index contributed by atoms with van der Waals surface area (Å²) < 4.78 is 5.29. The van der Waals surface area contributed by atoms with Crippen molar-refractivity contribution in [3.05, 3.63) is 65.7 Å². The van der Waals surface area contributed by atoms with E-state index in [4.69, 9.17) is 4.74 Å². The molecule has 1 heterocycles. The molecule has 0 spiro atoms. The third-order valence-electron chi connectivity index (χ3n) is 5.05. The topological polar surface area (TPSA) is 48.9 Å². The van der Waals surface area contributed by atoms with Crippen LogP contribution in [0.2, 0.25) is 0 Å². The maximum absolute atomic E-state index is 5.29. The fourth-order valence-electron chi connectivity index (χ4n) is 3.57. The van der Waals surface area contributed by atoms with E-state index in [-0.39, 0.29) is 24.0 Å². The van der Waals surface area contributed by atoms with Crippen LogP contribution in [0, 0.1) is 0 Å². The van der Waals surface area contributed by atoms with Crippen LogP contribution in [-0.4, -0.2) is 44.7 Å². The van der Waals surface area contributed by atoms with Crippen molar-refractivity contribution in [2.75, 3.05) is 33.8 Å². The maximum Gasteiger partial charge on any atom is 0.191 e. The number of hydrogen-bond donors (Lipinski definition) is 2. The van der Waals surface area contributed by atoms with Crippen molar-refractivity contribution in [1.82, 2.24) is 15.5 Å². The third kappa shape index (κ3) is 6.38. The lowest BCUT2D eigenvalue weighted by atomic mass is 10.1. The number of benzene rings is 2. The largest absolute Gasteiger partial charge is 0.497 e. The van der Waals surface area contributed by atoms with E-state index in [0.29, 0.717) is 12.6 Å². The van der Waals surface area contributed by atoms with Gasteiger partial charge in [-0.25, -0.2) is 0 Å². The van der Waals surface area contributed by atoms with E-state index in [9.17, 15) is 0 Å². The molecule has 152 valence electrons. The summed E-state index contributed by atoms with van der Waals surface area (Å²) in [6, 6.07) is 19.2. The summed E-state index contributed by atoms with van der Waals surface area (Å²) in [7, 11) is 3.50. The molecule has 6 heteroatoms. The first-order valence-corrected chi connectivity index (χ1v) is 9.66. The lowest BCUT2D eigenvalue weighted by molar-refractivity contribution is 0.245. The molecule has 0 saturated carbocycles. The molecule has 1 atom stereocenters. The van der Waals surface area contributed by atoms with Crippen LogP contribution in [0.4, 0.5) is 0 Å². The number of methoxy groups -OCH3 is 1. The molecule has 0 aliphatic carbocycles. The van der Waals surface area contributed by atoms with Gasteiger partial charge in [-0.3, -0.25) is 9.89 Å². The van der Waals surface area contributed by atoms with Crippen LogP contribution in [0.25, 0.3) is 0 Å². The molecule has 2 aromatic rings. The third-order valence-corrected chi connectivity index (χ3v) is 5.05. The number of guanidine groups is 1. The monoisotopic (exact) mass is 494 g/mol. The molecule has 0 aromatic heterocycles. The van der Waals surface area contributed by atoms with Gasteiger partial charge in [0.25, 0.3) is 0 Å². The minimum absolute atomic E-state index is 0. The molecule has 28 heavy (non-hydrogen) atoms. The number of likely N-dealkylation sites (tertiary alicyclic amines) is 1. The van der Waals surface area contributed by atoms with Crippen LogP contribution >= 0.6 is 24.0 Å². The average Bonchev–Trinajstić information content (AvgIpc) is 3.26. The van der Waals surface area contributed by atoms with Crippen molar-refractivity contribution >= 4 is 29.9 Å². The number of nitrogens with zero attached hydrogens (tertiary/aromatic N) is 2. The Morgan fingerprint density at radius 3 is 2.50 bits per heavy atom. The first kappa shape index (κ1) is 22.5. The van der Waals surface area contributed by atoms with Gasteiger partial charge in [0.05, 0.1) is 13.2 Å². The molecule has 0 bridgehead atoms. The highest BCUT2D eigenvalue weighted by Crippen LogP contribution is 2.24. The Kier molecular flexibility index (Phi) is 9.57. The molecular weight excluding hydrogens is 463 g/mol. The van der Waals surface area contributed by atoms with Crippen molar-refractivity contribution in [2.45, 2.75) is 25.4 Å². The van der Waals surface area contributed by atoms with E-state index in [1.807, 2.05) is 25.2 Å². The zero-order valence-electron chi connectivity index (χ0n) is 16.7. The predicted molar refractivity (Wildman–Crippen MR) is 127 cm³/mol. The van der Waals surface area contributed by atoms with Gasteiger partial charge in [-0.15, -0.1) is 24.0 Å². The zero-order chi connectivity index (χ0) is 18.9. The molecule has 1 aliphatic heterocycles. The van der Waals surface area contributed by atoms with Crippen molar-refractivity contribution in [2.24, 2.45) is 4.99 Å². The Morgan fingerprint density at radius 1 is 1.07 bits per heavy atom. The minimum Gasteiger partial charge on any atom is -0.497 e. The van der Waals surface area contributed by atoms with Crippen molar-refractivity contribution in [3.8, 4) is 5.75 Å². The normalized spacial score (nSPS) is 15.6. The highest BCUT2D eigenvalue weighted by Gasteiger charge is 2.23. The number of hydrogen-bond acceptors (Lipinski definition) is 3. The first-order chi connectivity index (χ1) is 13.3. The van der Waals surface area contributed by atoms with Gasteiger partial charge in [0, 0.05) is 20.1 Å². The number of ether oxygens (including phenoxy) is 1. The number of nitrogens with one attached hydrogen (secondary N) is 2. The summed E-state index contributed by atoms with van der Waals surface area (Å²) in [5, 5.41) is 6.91. The molecular formula is C22H31IN4O. The van der Waals surface area contributed by atoms with Gasteiger partial charge in [-0.1, -0.05) is 42.5 Å². The highest BCUT2D eigenvalue weighted by atomic mass is 127. The molecule has 5 nitrogen and oxygen atoms in total. The second-order valence-electron chi connectivity index (χ2n) is 6.83. The predicted octanol–water partition coefficient (Wildman–Crippen LogP) is 3.82. The fraction of sp³-hybridized carbons (Fsp3) is 0.409. The first-order valence-electron chi connectivity index (χ1n) is 9.66. The van der Waals surface area contributed by atoms with Gasteiger partial charge >= 0.3 is 0 Å². The highest BCUT2D eigenvalue weighted by molar-refractivity contribution is 14.0. The van der Waals surface area contributed by atoms with Gasteiger partial charge in [0.15, 0.2) is 5.96 Å². The van der Waals surface area contributed by atoms with Gasteiger partial charge in [-0.2, -0.15) is 0 Å². The fourth-order valence-corrected chi connectivity index (χ4v) is 3.57. The Balaban J connectivity index is 0.00000280. The van der Waals surface area contributed by atoms with Crippen molar-refractivity contribution in [3.63, 3.8) is 0 Å². The van der Waals surface area contributed by atoms with Crippen molar-refractivity contribution in [1.29, 1.82) is 0 Å². The minimum atomic E-state index is 0. The van der Waals surface area contributed by atoms with Gasteiger partial charge in [0.2, 0.25) is 0 Å². The van der Waals surface area contributed by atoms with Crippen LogP contribution in [0.1, 0.15) is 30.0 Å². The Bertz CT molecular complexity index is 732. The number of rotatable bonds is 7. The smallest absolute Gasteiger partial charge is 0.191 e.